The van der Waals surface area contributed by atoms with Crippen LogP contribution >= 0.6 is 0 Å². The van der Waals surface area contributed by atoms with Crippen molar-refractivity contribution in [3.05, 3.63) is 48.0 Å². The number of imidazole rings is 1. The van der Waals surface area contributed by atoms with Crippen LogP contribution in [0, 0.1) is 6.92 Å². The second kappa shape index (κ2) is 6.50. The number of para-hydroxylation sites is 1. The summed E-state index contributed by atoms with van der Waals surface area (Å²) in [6.07, 6.45) is -1.56. The first-order valence-electron chi connectivity index (χ1n) is 6.43. The molecule has 0 bridgehead atoms. The molecule has 0 aliphatic carbocycles. The highest BCUT2D eigenvalue weighted by Crippen LogP contribution is 2.25. The Bertz CT molecular complexity index is 653. The van der Waals surface area contributed by atoms with E-state index in [4.69, 9.17) is 0 Å². The highest BCUT2D eigenvalue weighted by Gasteiger charge is 2.31. The van der Waals surface area contributed by atoms with Gasteiger partial charge in [0, 0.05) is 24.5 Å². The van der Waals surface area contributed by atoms with Crippen molar-refractivity contribution in [3.63, 3.8) is 0 Å². The molecule has 1 aromatic carbocycles. The number of carbonyl (C=O) groups excluding carboxylic acids is 1. The first kappa shape index (κ1) is 15.9. The van der Waals surface area contributed by atoms with Crippen LogP contribution in [0.3, 0.4) is 0 Å². The Labute approximate surface area is 124 Å². The van der Waals surface area contributed by atoms with E-state index in [0.717, 1.165) is 0 Å². The first-order chi connectivity index (χ1) is 10.3. The summed E-state index contributed by atoms with van der Waals surface area (Å²) >= 11 is 0. The Kier molecular flexibility index (Phi) is 4.69. The van der Waals surface area contributed by atoms with E-state index in [1.807, 2.05) is 0 Å². The van der Waals surface area contributed by atoms with Crippen LogP contribution < -0.4 is 10.1 Å². The van der Waals surface area contributed by atoms with Crippen molar-refractivity contribution in [2.45, 2.75) is 26.4 Å². The van der Waals surface area contributed by atoms with E-state index in [2.05, 4.69) is 15.0 Å². The molecule has 0 spiro atoms. The van der Waals surface area contributed by atoms with Gasteiger partial charge in [0.15, 0.2) is 0 Å². The van der Waals surface area contributed by atoms with Gasteiger partial charge >= 0.3 is 6.36 Å². The molecule has 0 unspecified atom stereocenters. The summed E-state index contributed by atoms with van der Waals surface area (Å²) in [4.78, 5) is 15.8. The lowest BCUT2D eigenvalue weighted by Crippen LogP contribution is -2.28. The van der Waals surface area contributed by atoms with Crippen molar-refractivity contribution in [2.75, 3.05) is 0 Å². The lowest BCUT2D eigenvalue weighted by atomic mass is 10.2. The van der Waals surface area contributed by atoms with E-state index in [1.165, 1.54) is 18.2 Å². The number of nitrogens with one attached hydrogen (secondary N) is 1. The molecule has 118 valence electrons. The maximum absolute atomic E-state index is 12.3. The Hall–Kier alpha value is -2.51. The van der Waals surface area contributed by atoms with E-state index >= 15 is 0 Å². The number of aromatic nitrogens is 2. The van der Waals surface area contributed by atoms with Gasteiger partial charge in [0.2, 0.25) is 5.91 Å². The van der Waals surface area contributed by atoms with Gasteiger partial charge in [0.25, 0.3) is 0 Å². The van der Waals surface area contributed by atoms with Crippen LogP contribution in [0.15, 0.2) is 36.7 Å². The van der Waals surface area contributed by atoms with E-state index in [9.17, 15) is 18.0 Å². The van der Waals surface area contributed by atoms with Gasteiger partial charge in [-0.2, -0.15) is 0 Å². The number of carbonyl (C=O) groups is 1. The minimum atomic E-state index is -4.77. The monoisotopic (exact) mass is 313 g/mol. The zero-order valence-electron chi connectivity index (χ0n) is 11.7. The topological polar surface area (TPSA) is 56.2 Å². The second-order valence-electron chi connectivity index (χ2n) is 4.53. The molecule has 0 saturated heterocycles. The lowest BCUT2D eigenvalue weighted by molar-refractivity contribution is -0.274. The number of rotatable bonds is 5. The smallest absolute Gasteiger partial charge is 0.405 e. The maximum atomic E-state index is 12.3. The molecule has 0 atom stereocenters. The number of aryl methyl sites for hydroxylation is 1. The number of nitrogens with zero attached hydrogens (tertiary/aromatic N) is 2. The predicted octanol–water partition coefficient (Wildman–Crippen LogP) is 2.41. The molecular weight excluding hydrogens is 299 g/mol. The van der Waals surface area contributed by atoms with Crippen molar-refractivity contribution in [1.82, 2.24) is 14.9 Å². The number of hydrogen-bond acceptors (Lipinski definition) is 3. The van der Waals surface area contributed by atoms with Crippen LogP contribution in [0.1, 0.15) is 11.4 Å². The Morgan fingerprint density at radius 1 is 1.36 bits per heavy atom. The molecule has 2 aromatic rings. The SMILES string of the molecule is Cc1nccn1CC(=O)NCc1ccccc1OC(F)(F)F. The van der Waals surface area contributed by atoms with Crippen LogP contribution in [0.4, 0.5) is 13.2 Å². The summed E-state index contributed by atoms with van der Waals surface area (Å²) in [6.45, 7) is 1.74. The average molecular weight is 313 g/mol. The molecule has 0 fully saturated rings. The van der Waals surface area contributed by atoms with Crippen LogP contribution in [-0.4, -0.2) is 21.8 Å². The van der Waals surface area contributed by atoms with E-state index in [0.29, 0.717) is 5.82 Å². The van der Waals surface area contributed by atoms with Gasteiger partial charge in [-0.3, -0.25) is 4.79 Å². The predicted molar refractivity (Wildman–Crippen MR) is 71.9 cm³/mol. The molecule has 0 saturated carbocycles. The molecule has 1 aromatic heterocycles. The van der Waals surface area contributed by atoms with Crippen molar-refractivity contribution in [2.24, 2.45) is 0 Å². The zero-order valence-corrected chi connectivity index (χ0v) is 11.7. The number of alkyl halides is 3. The van der Waals surface area contributed by atoms with Gasteiger partial charge < -0.3 is 14.6 Å². The fourth-order valence-corrected chi connectivity index (χ4v) is 1.85. The summed E-state index contributed by atoms with van der Waals surface area (Å²) in [6, 6.07) is 5.67. The first-order valence-corrected chi connectivity index (χ1v) is 6.43. The molecular formula is C14H14F3N3O2. The van der Waals surface area contributed by atoms with Crippen LogP contribution in [0.2, 0.25) is 0 Å². The summed E-state index contributed by atoms with van der Waals surface area (Å²) in [5.74, 6) is 0.0213. The third-order valence-electron chi connectivity index (χ3n) is 2.91. The lowest BCUT2D eigenvalue weighted by Gasteiger charge is -2.13. The Morgan fingerprint density at radius 3 is 2.73 bits per heavy atom. The Morgan fingerprint density at radius 2 is 2.09 bits per heavy atom. The fraction of sp³-hybridized carbons (Fsp3) is 0.286. The van der Waals surface area contributed by atoms with E-state index < -0.39 is 6.36 Å². The largest absolute Gasteiger partial charge is 0.573 e. The summed E-state index contributed by atoms with van der Waals surface area (Å²) < 4.78 is 42.4. The maximum Gasteiger partial charge on any atom is 0.573 e. The second-order valence-corrected chi connectivity index (χ2v) is 4.53. The Balaban J connectivity index is 1.97. The van der Waals surface area contributed by atoms with Crippen molar-refractivity contribution >= 4 is 5.91 Å². The molecule has 1 heterocycles. The average Bonchev–Trinajstić information content (AvgIpc) is 2.81. The molecule has 22 heavy (non-hydrogen) atoms. The van der Waals surface area contributed by atoms with E-state index in [-0.39, 0.29) is 30.3 Å². The number of hydrogen-bond donors (Lipinski definition) is 1. The van der Waals surface area contributed by atoms with Gasteiger partial charge in [-0.25, -0.2) is 4.98 Å². The van der Waals surface area contributed by atoms with E-state index in [1.54, 1.807) is 30.0 Å². The highest BCUT2D eigenvalue weighted by atomic mass is 19.4. The van der Waals surface area contributed by atoms with Crippen molar-refractivity contribution < 1.29 is 22.7 Å². The summed E-state index contributed by atoms with van der Waals surface area (Å²) in [7, 11) is 0. The number of benzene rings is 1. The van der Waals surface area contributed by atoms with Gasteiger partial charge in [-0.15, -0.1) is 13.2 Å². The number of ether oxygens (including phenoxy) is 1. The molecule has 5 nitrogen and oxygen atoms in total. The summed E-state index contributed by atoms with van der Waals surface area (Å²) in [5.41, 5.74) is 0.246. The van der Waals surface area contributed by atoms with Crippen LogP contribution in [0.25, 0.3) is 0 Å². The minimum absolute atomic E-state index is 0.0497. The number of halogens is 3. The third kappa shape index (κ3) is 4.51. The third-order valence-corrected chi connectivity index (χ3v) is 2.91. The highest BCUT2D eigenvalue weighted by molar-refractivity contribution is 5.75. The van der Waals surface area contributed by atoms with Crippen molar-refractivity contribution in [3.8, 4) is 5.75 Å². The molecule has 2 rings (SSSR count). The fourth-order valence-electron chi connectivity index (χ4n) is 1.85. The molecule has 8 heteroatoms. The molecule has 1 N–H and O–H groups in total. The molecule has 0 radical (unpaired) electrons. The molecule has 1 amide bonds. The van der Waals surface area contributed by atoms with Gasteiger partial charge in [-0.1, -0.05) is 18.2 Å². The molecule has 0 aliphatic rings. The number of amides is 1. The minimum Gasteiger partial charge on any atom is -0.405 e. The van der Waals surface area contributed by atoms with Crippen molar-refractivity contribution in [1.29, 1.82) is 0 Å². The van der Waals surface area contributed by atoms with Gasteiger partial charge in [0.05, 0.1) is 0 Å². The van der Waals surface area contributed by atoms with Gasteiger partial charge in [0.1, 0.15) is 18.1 Å². The van der Waals surface area contributed by atoms with Crippen LogP contribution in [0.5, 0.6) is 5.75 Å². The standard InChI is InChI=1S/C14H14F3N3O2/c1-10-18-6-7-20(10)9-13(21)19-8-11-4-2-3-5-12(11)22-14(15,16)17/h2-7H,8-9H2,1H3,(H,19,21). The zero-order chi connectivity index (χ0) is 16.2. The van der Waals surface area contributed by atoms with Crippen LogP contribution in [-0.2, 0) is 17.9 Å². The summed E-state index contributed by atoms with van der Waals surface area (Å²) in [5, 5.41) is 2.56. The normalized spacial score (nSPS) is 11.3. The van der Waals surface area contributed by atoms with Gasteiger partial charge in [-0.05, 0) is 13.0 Å². The quantitative estimate of drug-likeness (QED) is 0.922. The molecule has 0 aliphatic heterocycles.